The van der Waals surface area contributed by atoms with E-state index in [1.807, 2.05) is 0 Å². The molecule has 3 heteroatoms. The van der Waals surface area contributed by atoms with Crippen molar-refractivity contribution in [3.05, 3.63) is 42.0 Å². The Balaban J connectivity index is 1.67. The van der Waals surface area contributed by atoms with Crippen LogP contribution in [-0.4, -0.2) is 18.7 Å². The van der Waals surface area contributed by atoms with Gasteiger partial charge in [-0.3, -0.25) is 4.79 Å². The molecule has 5 rings (SSSR count). The van der Waals surface area contributed by atoms with Crippen LogP contribution in [0.25, 0.3) is 0 Å². The van der Waals surface area contributed by atoms with Gasteiger partial charge in [0.25, 0.3) is 0 Å². The first kappa shape index (κ1) is 21.9. The maximum absolute atomic E-state index is 14.5. The summed E-state index contributed by atoms with van der Waals surface area (Å²) in [7, 11) is 1.71. The molecule has 4 aliphatic rings. The summed E-state index contributed by atoms with van der Waals surface area (Å²) in [6, 6.07) is 8.56. The quantitative estimate of drug-likeness (QED) is 0.511. The molecule has 0 amide bonds. The summed E-state index contributed by atoms with van der Waals surface area (Å²) in [5.41, 5.74) is 1.23. The number of methoxy groups -OCH3 is 1. The van der Waals surface area contributed by atoms with Crippen LogP contribution in [0, 0.1) is 34.5 Å². The Bertz CT molecular complexity index is 946. The predicted octanol–water partition coefficient (Wildman–Crippen LogP) is 6.30. The van der Waals surface area contributed by atoms with Gasteiger partial charge in [0.05, 0.1) is 7.11 Å². The largest absolute Gasteiger partial charge is 0.497 e. The fraction of sp³-hybridized carbons (Fsp3) is 0.655. The van der Waals surface area contributed by atoms with Crippen LogP contribution >= 0.6 is 0 Å². The van der Waals surface area contributed by atoms with Crippen LogP contribution in [0.3, 0.4) is 0 Å². The van der Waals surface area contributed by atoms with Crippen LogP contribution < -0.4 is 4.74 Å². The van der Waals surface area contributed by atoms with Gasteiger partial charge in [0.1, 0.15) is 17.3 Å². The summed E-state index contributed by atoms with van der Waals surface area (Å²) in [5.74, 6) is 2.29. The second kappa shape index (κ2) is 7.57. The molecule has 0 heterocycles. The number of carbonyl (C=O) groups is 2. The molecule has 0 spiro atoms. The molecule has 4 aliphatic carbocycles. The zero-order chi connectivity index (χ0) is 22.7. The molecule has 1 aromatic carbocycles. The van der Waals surface area contributed by atoms with Gasteiger partial charge >= 0.3 is 0 Å². The average Bonchev–Trinajstić information content (AvgIpc) is 3.11. The van der Waals surface area contributed by atoms with E-state index in [1.54, 1.807) is 14.0 Å². The minimum atomic E-state index is -0.250. The predicted molar refractivity (Wildman–Crippen MR) is 127 cm³/mol. The van der Waals surface area contributed by atoms with Crippen molar-refractivity contribution in [1.29, 1.82) is 0 Å². The van der Waals surface area contributed by atoms with Crippen LogP contribution in [0.2, 0.25) is 0 Å². The maximum Gasteiger partial charge on any atom is 0.140 e. The van der Waals surface area contributed by atoms with E-state index in [-0.39, 0.29) is 33.9 Å². The van der Waals surface area contributed by atoms with Crippen molar-refractivity contribution in [1.82, 2.24) is 0 Å². The zero-order valence-corrected chi connectivity index (χ0v) is 20.2. The SMILES string of the molecule is COc1ccc([C@@]23C=C[C@@]4(CCCC[C@@]42C)[C@H]2CC[C@H](C)[C@H](CCC(C)=O)C(=O)[C@H]23)cc1. The van der Waals surface area contributed by atoms with E-state index in [0.29, 0.717) is 30.5 Å². The Morgan fingerprint density at radius 3 is 2.50 bits per heavy atom. The van der Waals surface area contributed by atoms with Crippen molar-refractivity contribution < 1.29 is 14.3 Å². The van der Waals surface area contributed by atoms with Gasteiger partial charge in [-0.15, -0.1) is 0 Å². The van der Waals surface area contributed by atoms with Gasteiger partial charge in [0, 0.05) is 23.7 Å². The Kier molecular flexibility index (Phi) is 5.18. The molecule has 1 aromatic rings. The highest BCUT2D eigenvalue weighted by atomic mass is 16.5. The van der Waals surface area contributed by atoms with E-state index < -0.39 is 0 Å². The first-order chi connectivity index (χ1) is 15.3. The van der Waals surface area contributed by atoms with E-state index in [1.165, 1.54) is 31.2 Å². The highest BCUT2D eigenvalue weighted by molar-refractivity contribution is 5.89. The van der Waals surface area contributed by atoms with Crippen molar-refractivity contribution in [2.45, 2.75) is 77.6 Å². The number of hydrogen-bond donors (Lipinski definition) is 0. The van der Waals surface area contributed by atoms with Gasteiger partial charge in [0.15, 0.2) is 0 Å². The average molecular weight is 435 g/mol. The third kappa shape index (κ3) is 2.66. The fourth-order valence-corrected chi connectivity index (χ4v) is 8.76. The molecule has 0 unspecified atom stereocenters. The molecule has 3 nitrogen and oxygen atoms in total. The number of allylic oxidation sites excluding steroid dienone is 2. The van der Waals surface area contributed by atoms with Crippen LogP contribution in [-0.2, 0) is 15.0 Å². The van der Waals surface area contributed by atoms with Gasteiger partial charge in [-0.05, 0) is 79.4 Å². The van der Waals surface area contributed by atoms with Gasteiger partial charge < -0.3 is 9.53 Å². The highest BCUT2D eigenvalue weighted by Gasteiger charge is 2.77. The molecule has 3 fully saturated rings. The number of carbonyl (C=O) groups excluding carboxylic acids is 2. The number of Topliss-reactive ketones (excluding diaryl/α,β-unsaturated/α-hetero) is 2. The Labute approximate surface area is 193 Å². The molecule has 0 radical (unpaired) electrons. The van der Waals surface area contributed by atoms with E-state index in [4.69, 9.17) is 4.74 Å². The van der Waals surface area contributed by atoms with Crippen molar-refractivity contribution in [2.75, 3.05) is 7.11 Å². The lowest BCUT2D eigenvalue weighted by Gasteiger charge is -2.51. The third-order valence-electron chi connectivity index (χ3n) is 10.3. The lowest BCUT2D eigenvalue weighted by Crippen LogP contribution is -2.48. The number of benzene rings is 1. The Morgan fingerprint density at radius 2 is 1.81 bits per heavy atom. The van der Waals surface area contributed by atoms with Crippen molar-refractivity contribution >= 4 is 11.6 Å². The minimum Gasteiger partial charge on any atom is -0.497 e. The maximum atomic E-state index is 14.5. The monoisotopic (exact) mass is 434 g/mol. The minimum absolute atomic E-state index is 0.00109. The first-order valence-corrected chi connectivity index (χ1v) is 12.7. The Morgan fingerprint density at radius 1 is 1.09 bits per heavy atom. The summed E-state index contributed by atoms with van der Waals surface area (Å²) in [5, 5.41) is 0. The Hall–Kier alpha value is -1.90. The van der Waals surface area contributed by atoms with Gasteiger partial charge in [-0.1, -0.05) is 51.0 Å². The standard InChI is InChI=1S/C29H38O3/c1-19-7-14-24-25(26(31)23(19)13-8-20(2)30)29(21-9-11-22(32-4)12-10-21)18-17-28(24)16-6-5-15-27(28,29)3/h9-12,17-19,23-25H,5-8,13-16H2,1-4H3/t19-,23-,24-,25-,27-,28-,29+/m0/s1. The highest BCUT2D eigenvalue weighted by Crippen LogP contribution is 2.79. The van der Waals surface area contributed by atoms with E-state index in [2.05, 4.69) is 50.3 Å². The number of fused-ring (bicyclic) bond motifs is 2. The molecule has 3 saturated carbocycles. The number of rotatable bonds is 5. The molecular formula is C29H38O3. The molecule has 0 aromatic heterocycles. The lowest BCUT2D eigenvalue weighted by atomic mass is 9.52. The first-order valence-electron chi connectivity index (χ1n) is 12.7. The zero-order valence-electron chi connectivity index (χ0n) is 20.2. The summed E-state index contributed by atoms with van der Waals surface area (Å²) in [6.45, 7) is 6.39. The van der Waals surface area contributed by atoms with Crippen LogP contribution in [0.1, 0.15) is 77.7 Å². The smallest absolute Gasteiger partial charge is 0.140 e. The lowest BCUT2D eigenvalue weighted by molar-refractivity contribution is -0.131. The molecule has 0 aliphatic heterocycles. The van der Waals surface area contributed by atoms with Crippen molar-refractivity contribution in [3.8, 4) is 5.75 Å². The molecule has 32 heavy (non-hydrogen) atoms. The van der Waals surface area contributed by atoms with Gasteiger partial charge in [-0.2, -0.15) is 0 Å². The second-order valence-electron chi connectivity index (χ2n) is 11.4. The summed E-state index contributed by atoms with van der Waals surface area (Å²) in [4.78, 5) is 26.3. The molecule has 2 bridgehead atoms. The van der Waals surface area contributed by atoms with Gasteiger partial charge in [-0.25, -0.2) is 0 Å². The molecule has 7 atom stereocenters. The summed E-state index contributed by atoms with van der Waals surface area (Å²) >= 11 is 0. The van der Waals surface area contributed by atoms with E-state index in [9.17, 15) is 9.59 Å². The topological polar surface area (TPSA) is 43.4 Å². The van der Waals surface area contributed by atoms with Gasteiger partial charge in [0.2, 0.25) is 0 Å². The normalized spacial score (nSPS) is 42.3. The molecular weight excluding hydrogens is 396 g/mol. The third-order valence-corrected chi connectivity index (χ3v) is 10.3. The molecule has 0 N–H and O–H groups in total. The number of hydrogen-bond acceptors (Lipinski definition) is 3. The molecule has 172 valence electrons. The van der Waals surface area contributed by atoms with Crippen LogP contribution in [0.4, 0.5) is 0 Å². The fourth-order valence-electron chi connectivity index (χ4n) is 8.76. The van der Waals surface area contributed by atoms with E-state index in [0.717, 1.165) is 18.6 Å². The van der Waals surface area contributed by atoms with Crippen molar-refractivity contribution in [2.24, 2.45) is 34.5 Å². The summed E-state index contributed by atoms with van der Waals surface area (Å²) in [6.07, 6.45) is 13.4. The van der Waals surface area contributed by atoms with Crippen molar-refractivity contribution in [3.63, 3.8) is 0 Å². The van der Waals surface area contributed by atoms with Crippen LogP contribution in [0.15, 0.2) is 36.4 Å². The van der Waals surface area contributed by atoms with E-state index >= 15 is 0 Å². The second-order valence-corrected chi connectivity index (χ2v) is 11.4. The summed E-state index contributed by atoms with van der Waals surface area (Å²) < 4.78 is 5.46. The number of ketones is 2. The van der Waals surface area contributed by atoms with Crippen LogP contribution in [0.5, 0.6) is 5.75 Å². The molecule has 0 saturated heterocycles. The number of ether oxygens (including phenoxy) is 1.